The molecule has 1 N–H and O–H groups in total. The Balaban J connectivity index is 2.47. The first kappa shape index (κ1) is 14.0. The summed E-state index contributed by atoms with van der Waals surface area (Å²) in [6.45, 7) is 4.32. The lowest BCUT2D eigenvalue weighted by atomic mass is 10.1. The van der Waals surface area contributed by atoms with Crippen molar-refractivity contribution in [2.75, 3.05) is 7.05 Å². The molecule has 16 heavy (non-hydrogen) atoms. The van der Waals surface area contributed by atoms with Crippen molar-refractivity contribution < 1.29 is 0 Å². The number of nitrogens with one attached hydrogen (secondary N) is 1. The van der Waals surface area contributed by atoms with Gasteiger partial charge in [-0.3, -0.25) is 0 Å². The summed E-state index contributed by atoms with van der Waals surface area (Å²) in [6.07, 6.45) is 6.50. The van der Waals surface area contributed by atoms with Gasteiger partial charge in [-0.25, -0.2) is 0 Å². The van der Waals surface area contributed by atoms with Crippen LogP contribution in [0.25, 0.3) is 0 Å². The number of halogens is 1. The zero-order valence-electron chi connectivity index (χ0n) is 10.5. The first-order valence-electron chi connectivity index (χ1n) is 6.12. The maximum absolute atomic E-state index is 6.10. The zero-order valence-corrected chi connectivity index (χ0v) is 12.0. The molecular weight excluding hydrogens is 238 g/mol. The second kappa shape index (κ2) is 7.31. The van der Waals surface area contributed by atoms with Crippen LogP contribution in [0, 0.1) is 6.92 Å². The van der Waals surface area contributed by atoms with Gasteiger partial charge in [-0.2, -0.15) is 0 Å². The average molecular weight is 260 g/mol. The van der Waals surface area contributed by atoms with Gasteiger partial charge < -0.3 is 5.32 Å². The van der Waals surface area contributed by atoms with E-state index in [9.17, 15) is 0 Å². The molecule has 1 rings (SSSR count). The predicted octanol–water partition coefficient (Wildman–Crippen LogP) is 4.94. The van der Waals surface area contributed by atoms with E-state index in [2.05, 4.69) is 25.2 Å². The standard InChI is InChI=1S/C13H22ClNS/c1-4-5-6-7-8-11(15-3)12-9-10(2)13(14)16-12/h9,11,15H,4-8H2,1-3H3. The third-order valence-electron chi connectivity index (χ3n) is 2.91. The lowest BCUT2D eigenvalue weighted by Gasteiger charge is -2.13. The van der Waals surface area contributed by atoms with Gasteiger partial charge in [0.25, 0.3) is 0 Å². The highest BCUT2D eigenvalue weighted by atomic mass is 35.5. The summed E-state index contributed by atoms with van der Waals surface area (Å²) in [7, 11) is 2.04. The summed E-state index contributed by atoms with van der Waals surface area (Å²) in [5.41, 5.74) is 1.20. The molecule has 0 fully saturated rings. The van der Waals surface area contributed by atoms with Gasteiger partial charge in [0.2, 0.25) is 0 Å². The maximum Gasteiger partial charge on any atom is 0.0960 e. The van der Waals surface area contributed by atoms with Crippen LogP contribution >= 0.6 is 22.9 Å². The summed E-state index contributed by atoms with van der Waals surface area (Å²) in [5.74, 6) is 0. The largest absolute Gasteiger partial charge is 0.312 e. The second-order valence-corrected chi connectivity index (χ2v) is 5.98. The number of hydrogen-bond donors (Lipinski definition) is 1. The maximum atomic E-state index is 6.10. The smallest absolute Gasteiger partial charge is 0.0960 e. The topological polar surface area (TPSA) is 12.0 Å². The van der Waals surface area contributed by atoms with Crippen molar-refractivity contribution in [3.8, 4) is 0 Å². The van der Waals surface area contributed by atoms with Crippen LogP contribution in [0.15, 0.2) is 6.07 Å². The van der Waals surface area contributed by atoms with Crippen molar-refractivity contribution in [1.82, 2.24) is 5.32 Å². The molecular formula is C13H22ClNS. The summed E-state index contributed by atoms with van der Waals surface area (Å²) in [5, 5.41) is 3.39. The summed E-state index contributed by atoms with van der Waals surface area (Å²) in [6, 6.07) is 2.70. The number of rotatable bonds is 7. The Bertz CT molecular complexity index is 289. The fraction of sp³-hybridized carbons (Fsp3) is 0.692. The van der Waals surface area contributed by atoms with Crippen LogP contribution in [0.1, 0.15) is 55.5 Å². The molecule has 0 aliphatic carbocycles. The lowest BCUT2D eigenvalue weighted by molar-refractivity contribution is 0.511. The molecule has 1 atom stereocenters. The quantitative estimate of drug-likeness (QED) is 0.684. The Morgan fingerprint density at radius 3 is 2.62 bits per heavy atom. The minimum Gasteiger partial charge on any atom is -0.312 e. The first-order valence-corrected chi connectivity index (χ1v) is 7.31. The molecule has 0 radical (unpaired) electrons. The highest BCUT2D eigenvalue weighted by Crippen LogP contribution is 2.32. The molecule has 1 heterocycles. The molecule has 3 heteroatoms. The molecule has 0 aromatic carbocycles. The molecule has 1 aromatic heterocycles. The first-order chi connectivity index (χ1) is 7.69. The van der Waals surface area contributed by atoms with E-state index in [1.165, 1.54) is 42.5 Å². The normalized spacial score (nSPS) is 13.0. The molecule has 0 bridgehead atoms. The van der Waals surface area contributed by atoms with Gasteiger partial charge in [0.05, 0.1) is 4.34 Å². The van der Waals surface area contributed by atoms with Crippen LogP contribution in [-0.2, 0) is 0 Å². The van der Waals surface area contributed by atoms with Crippen molar-refractivity contribution in [2.45, 2.75) is 52.0 Å². The fourth-order valence-electron chi connectivity index (χ4n) is 1.86. The molecule has 0 saturated carbocycles. The van der Waals surface area contributed by atoms with E-state index in [0.29, 0.717) is 6.04 Å². The van der Waals surface area contributed by atoms with Crippen LogP contribution in [0.4, 0.5) is 0 Å². The van der Waals surface area contributed by atoms with Crippen LogP contribution in [0.3, 0.4) is 0 Å². The minimum absolute atomic E-state index is 0.480. The molecule has 92 valence electrons. The molecule has 0 saturated heterocycles. The number of aryl methyl sites for hydroxylation is 1. The lowest BCUT2D eigenvalue weighted by Crippen LogP contribution is -2.14. The van der Waals surface area contributed by atoms with E-state index in [4.69, 9.17) is 11.6 Å². The van der Waals surface area contributed by atoms with Gasteiger partial charge in [-0.15, -0.1) is 11.3 Å². The zero-order chi connectivity index (χ0) is 12.0. The summed E-state index contributed by atoms with van der Waals surface area (Å²) >= 11 is 7.82. The van der Waals surface area contributed by atoms with Gasteiger partial charge in [0.1, 0.15) is 0 Å². The Morgan fingerprint density at radius 2 is 2.12 bits per heavy atom. The Kier molecular flexibility index (Phi) is 6.40. The molecule has 1 aromatic rings. The van der Waals surface area contributed by atoms with E-state index >= 15 is 0 Å². The predicted molar refractivity (Wildman–Crippen MR) is 74.6 cm³/mol. The summed E-state index contributed by atoms with van der Waals surface area (Å²) < 4.78 is 0.934. The highest BCUT2D eigenvalue weighted by Gasteiger charge is 2.13. The van der Waals surface area contributed by atoms with Crippen LogP contribution in [0.2, 0.25) is 4.34 Å². The van der Waals surface area contributed by atoms with Crippen LogP contribution in [0.5, 0.6) is 0 Å². The molecule has 0 aliphatic rings. The fourth-order valence-corrected chi connectivity index (χ4v) is 3.22. The molecule has 0 amide bonds. The van der Waals surface area contributed by atoms with E-state index in [1.807, 2.05) is 7.05 Å². The summed E-state index contributed by atoms with van der Waals surface area (Å²) in [4.78, 5) is 1.38. The van der Waals surface area contributed by atoms with Crippen molar-refractivity contribution in [2.24, 2.45) is 0 Å². The SMILES string of the molecule is CCCCCCC(NC)c1cc(C)c(Cl)s1. The molecule has 1 unspecified atom stereocenters. The second-order valence-electron chi connectivity index (χ2n) is 4.30. The van der Waals surface area contributed by atoms with Gasteiger partial charge in [-0.05, 0) is 32.0 Å². The molecule has 0 aliphatic heterocycles. The monoisotopic (exact) mass is 259 g/mol. The van der Waals surface area contributed by atoms with Crippen molar-refractivity contribution in [3.05, 3.63) is 20.8 Å². The Hall–Kier alpha value is -0.0500. The van der Waals surface area contributed by atoms with Crippen LogP contribution in [-0.4, -0.2) is 7.05 Å². The Morgan fingerprint density at radius 1 is 1.38 bits per heavy atom. The van der Waals surface area contributed by atoms with Gasteiger partial charge >= 0.3 is 0 Å². The molecule has 0 spiro atoms. The van der Waals surface area contributed by atoms with E-state index in [-0.39, 0.29) is 0 Å². The van der Waals surface area contributed by atoms with Crippen molar-refractivity contribution >= 4 is 22.9 Å². The van der Waals surface area contributed by atoms with Crippen molar-refractivity contribution in [1.29, 1.82) is 0 Å². The third kappa shape index (κ3) is 4.08. The third-order valence-corrected chi connectivity index (χ3v) is 4.58. The van der Waals surface area contributed by atoms with Crippen LogP contribution < -0.4 is 5.32 Å². The number of thiophene rings is 1. The highest BCUT2D eigenvalue weighted by molar-refractivity contribution is 7.16. The number of unbranched alkanes of at least 4 members (excludes halogenated alkanes) is 3. The molecule has 1 nitrogen and oxygen atoms in total. The van der Waals surface area contributed by atoms with Gasteiger partial charge in [0.15, 0.2) is 0 Å². The van der Waals surface area contributed by atoms with Gasteiger partial charge in [0, 0.05) is 10.9 Å². The number of hydrogen-bond acceptors (Lipinski definition) is 2. The van der Waals surface area contributed by atoms with E-state index in [1.54, 1.807) is 11.3 Å². The Labute approximate surface area is 108 Å². The minimum atomic E-state index is 0.480. The van der Waals surface area contributed by atoms with E-state index < -0.39 is 0 Å². The van der Waals surface area contributed by atoms with E-state index in [0.717, 1.165) is 4.34 Å². The average Bonchev–Trinajstić information content (AvgIpc) is 2.59. The van der Waals surface area contributed by atoms with Gasteiger partial charge in [-0.1, -0.05) is 44.2 Å². The van der Waals surface area contributed by atoms with Crippen molar-refractivity contribution in [3.63, 3.8) is 0 Å².